The molecule has 0 aliphatic heterocycles. The van der Waals surface area contributed by atoms with Crippen LogP contribution in [0.15, 0.2) is 24.3 Å². The molecule has 0 aromatic heterocycles. The molecule has 0 bridgehead atoms. The van der Waals surface area contributed by atoms with Gasteiger partial charge in [0, 0.05) is 12.1 Å². The summed E-state index contributed by atoms with van der Waals surface area (Å²) in [5, 5.41) is 8.82. The van der Waals surface area contributed by atoms with Crippen LogP contribution < -0.4 is 0 Å². The van der Waals surface area contributed by atoms with Gasteiger partial charge in [0.05, 0.1) is 6.42 Å². The zero-order chi connectivity index (χ0) is 13.1. The van der Waals surface area contributed by atoms with E-state index in [9.17, 15) is 9.18 Å². The number of halogens is 1. The van der Waals surface area contributed by atoms with Gasteiger partial charge in [0.15, 0.2) is 0 Å². The van der Waals surface area contributed by atoms with Crippen LogP contribution in [0, 0.1) is 5.82 Å². The van der Waals surface area contributed by atoms with Gasteiger partial charge < -0.3 is 5.11 Å². The van der Waals surface area contributed by atoms with E-state index in [1.807, 2.05) is 31.9 Å². The lowest BCUT2D eigenvalue weighted by molar-refractivity contribution is -0.139. The summed E-state index contributed by atoms with van der Waals surface area (Å²) in [5.74, 6) is -1.10. The molecule has 0 radical (unpaired) electrons. The number of rotatable bonds is 5. The Balaban J connectivity index is 2.71. The van der Waals surface area contributed by atoms with Gasteiger partial charge in [0.1, 0.15) is 5.82 Å². The highest BCUT2D eigenvalue weighted by atomic mass is 19.1. The first-order chi connectivity index (χ1) is 7.81. The summed E-state index contributed by atoms with van der Waals surface area (Å²) in [6.45, 7) is 4.25. The maximum Gasteiger partial charge on any atom is 0.305 e. The Bertz CT molecular complexity index is 404. The van der Waals surface area contributed by atoms with Gasteiger partial charge in [0.25, 0.3) is 0 Å². The van der Waals surface area contributed by atoms with Crippen molar-refractivity contribution in [2.45, 2.75) is 32.4 Å². The van der Waals surface area contributed by atoms with Crippen LogP contribution in [0.1, 0.15) is 25.8 Å². The first kappa shape index (κ1) is 13.6. The van der Waals surface area contributed by atoms with Crippen LogP contribution in [-0.4, -0.2) is 28.6 Å². The Kier molecular flexibility index (Phi) is 4.23. The summed E-state index contributed by atoms with van der Waals surface area (Å²) in [7, 11) is 1.84. The second-order valence-corrected chi connectivity index (χ2v) is 4.87. The van der Waals surface area contributed by atoms with Crippen LogP contribution in [0.5, 0.6) is 0 Å². The van der Waals surface area contributed by atoms with E-state index in [1.54, 1.807) is 6.07 Å². The predicted molar refractivity (Wildman–Crippen MR) is 64.2 cm³/mol. The van der Waals surface area contributed by atoms with E-state index in [1.165, 1.54) is 12.1 Å². The van der Waals surface area contributed by atoms with Crippen LogP contribution >= 0.6 is 0 Å². The second-order valence-electron chi connectivity index (χ2n) is 4.87. The van der Waals surface area contributed by atoms with Crippen molar-refractivity contribution in [3.8, 4) is 0 Å². The fourth-order valence-corrected chi connectivity index (χ4v) is 1.63. The van der Waals surface area contributed by atoms with Gasteiger partial charge >= 0.3 is 5.97 Å². The molecule has 0 aliphatic rings. The third kappa shape index (κ3) is 4.15. The van der Waals surface area contributed by atoms with Crippen molar-refractivity contribution in [3.05, 3.63) is 35.6 Å². The maximum absolute atomic E-state index is 13.0. The van der Waals surface area contributed by atoms with Gasteiger partial charge in [-0.1, -0.05) is 12.1 Å². The van der Waals surface area contributed by atoms with Gasteiger partial charge in [-0.25, -0.2) is 4.39 Å². The minimum absolute atomic E-state index is 0.0544. The lowest BCUT2D eigenvalue weighted by Crippen LogP contribution is -2.42. The fraction of sp³-hybridized carbons (Fsp3) is 0.462. The van der Waals surface area contributed by atoms with Crippen LogP contribution in [0.3, 0.4) is 0 Å². The number of carbonyl (C=O) groups is 1. The molecular weight excluding hydrogens is 221 g/mol. The molecule has 0 fully saturated rings. The summed E-state index contributed by atoms with van der Waals surface area (Å²) >= 11 is 0. The van der Waals surface area contributed by atoms with Gasteiger partial charge in [-0.15, -0.1) is 0 Å². The van der Waals surface area contributed by atoms with Gasteiger partial charge in [-0.3, -0.25) is 9.69 Å². The van der Waals surface area contributed by atoms with E-state index in [2.05, 4.69) is 0 Å². The van der Waals surface area contributed by atoms with E-state index in [-0.39, 0.29) is 12.2 Å². The molecule has 1 aromatic rings. The Labute approximate surface area is 101 Å². The average Bonchev–Trinajstić information content (AvgIpc) is 2.15. The van der Waals surface area contributed by atoms with Crippen molar-refractivity contribution in [1.29, 1.82) is 0 Å². The summed E-state index contributed by atoms with van der Waals surface area (Å²) in [6, 6.07) is 6.35. The van der Waals surface area contributed by atoms with E-state index in [4.69, 9.17) is 5.11 Å². The molecule has 0 spiro atoms. The standard InChI is InChI=1S/C13H18FNO2/c1-13(2,8-12(16)17)15(3)9-10-5-4-6-11(14)7-10/h4-7H,8-9H2,1-3H3,(H,16,17). The van der Waals surface area contributed by atoms with Gasteiger partial charge in [-0.2, -0.15) is 0 Å². The zero-order valence-electron chi connectivity index (χ0n) is 10.4. The number of carboxylic acid groups (broad SMARTS) is 1. The lowest BCUT2D eigenvalue weighted by atomic mass is 9.98. The number of nitrogens with zero attached hydrogens (tertiary/aromatic N) is 1. The minimum atomic E-state index is -0.832. The number of aliphatic carboxylic acids is 1. The molecule has 1 N–H and O–H groups in total. The number of hydrogen-bond acceptors (Lipinski definition) is 2. The van der Waals surface area contributed by atoms with E-state index >= 15 is 0 Å². The molecule has 0 saturated heterocycles. The van der Waals surface area contributed by atoms with Gasteiger partial charge in [0.2, 0.25) is 0 Å². The topological polar surface area (TPSA) is 40.5 Å². The third-order valence-electron chi connectivity index (χ3n) is 2.93. The highest BCUT2D eigenvalue weighted by Crippen LogP contribution is 2.19. The summed E-state index contributed by atoms with van der Waals surface area (Å²) in [5.41, 5.74) is 0.379. The Morgan fingerprint density at radius 3 is 2.65 bits per heavy atom. The molecule has 0 aliphatic carbocycles. The highest BCUT2D eigenvalue weighted by molar-refractivity contribution is 5.68. The molecule has 0 heterocycles. The number of hydrogen-bond donors (Lipinski definition) is 1. The zero-order valence-corrected chi connectivity index (χ0v) is 10.4. The molecule has 0 saturated carbocycles. The number of carboxylic acids is 1. The SMILES string of the molecule is CN(Cc1cccc(F)c1)C(C)(C)CC(=O)O. The maximum atomic E-state index is 13.0. The molecule has 94 valence electrons. The first-order valence-electron chi connectivity index (χ1n) is 5.49. The van der Waals surface area contributed by atoms with Crippen LogP contribution in [-0.2, 0) is 11.3 Å². The molecule has 4 heteroatoms. The largest absolute Gasteiger partial charge is 0.481 e. The van der Waals surface area contributed by atoms with E-state index < -0.39 is 11.5 Å². The molecule has 1 aromatic carbocycles. The van der Waals surface area contributed by atoms with Crippen LogP contribution in [0.25, 0.3) is 0 Å². The third-order valence-corrected chi connectivity index (χ3v) is 2.93. The summed E-state index contributed by atoms with van der Waals surface area (Å²) in [6.07, 6.45) is 0.0544. The van der Waals surface area contributed by atoms with Crippen molar-refractivity contribution < 1.29 is 14.3 Å². The molecular formula is C13H18FNO2. The summed E-state index contributed by atoms with van der Waals surface area (Å²) in [4.78, 5) is 12.7. The number of benzene rings is 1. The van der Waals surface area contributed by atoms with E-state index in [0.29, 0.717) is 6.54 Å². The molecule has 0 unspecified atom stereocenters. The molecule has 0 amide bonds. The Morgan fingerprint density at radius 2 is 2.12 bits per heavy atom. The fourth-order valence-electron chi connectivity index (χ4n) is 1.63. The first-order valence-corrected chi connectivity index (χ1v) is 5.49. The summed E-state index contributed by atoms with van der Waals surface area (Å²) < 4.78 is 13.0. The Morgan fingerprint density at radius 1 is 1.47 bits per heavy atom. The second kappa shape index (κ2) is 5.27. The quantitative estimate of drug-likeness (QED) is 0.858. The van der Waals surface area contributed by atoms with Crippen molar-refractivity contribution in [1.82, 2.24) is 4.90 Å². The van der Waals surface area contributed by atoms with E-state index in [0.717, 1.165) is 5.56 Å². The lowest BCUT2D eigenvalue weighted by Gasteiger charge is -2.34. The normalized spacial score (nSPS) is 11.8. The molecule has 3 nitrogen and oxygen atoms in total. The molecule has 17 heavy (non-hydrogen) atoms. The van der Waals surface area contributed by atoms with Crippen molar-refractivity contribution >= 4 is 5.97 Å². The molecule has 1 rings (SSSR count). The van der Waals surface area contributed by atoms with Crippen LogP contribution in [0.4, 0.5) is 4.39 Å². The smallest absolute Gasteiger partial charge is 0.305 e. The van der Waals surface area contributed by atoms with Crippen molar-refractivity contribution in [3.63, 3.8) is 0 Å². The minimum Gasteiger partial charge on any atom is -0.481 e. The predicted octanol–water partition coefficient (Wildman–Crippen LogP) is 2.51. The van der Waals surface area contributed by atoms with Crippen molar-refractivity contribution in [2.75, 3.05) is 7.05 Å². The molecule has 0 atom stereocenters. The highest BCUT2D eigenvalue weighted by Gasteiger charge is 2.26. The van der Waals surface area contributed by atoms with Gasteiger partial charge in [-0.05, 0) is 38.6 Å². The monoisotopic (exact) mass is 239 g/mol. The Hall–Kier alpha value is -1.42. The average molecular weight is 239 g/mol. The van der Waals surface area contributed by atoms with Crippen LogP contribution in [0.2, 0.25) is 0 Å². The van der Waals surface area contributed by atoms with Crippen molar-refractivity contribution in [2.24, 2.45) is 0 Å².